The van der Waals surface area contributed by atoms with Gasteiger partial charge < -0.3 is 14.2 Å². The van der Waals surface area contributed by atoms with E-state index < -0.39 is 18.1 Å². The van der Waals surface area contributed by atoms with E-state index in [2.05, 4.69) is 20.1 Å². The molecule has 2 aromatic rings. The molecule has 0 amide bonds. The number of hydrogen-bond donors (Lipinski definition) is 1. The third-order valence-electron chi connectivity index (χ3n) is 4.14. The third kappa shape index (κ3) is 5.53. The summed E-state index contributed by atoms with van der Waals surface area (Å²) in [5.41, 5.74) is 1.12. The summed E-state index contributed by atoms with van der Waals surface area (Å²) in [7, 11) is 0. The summed E-state index contributed by atoms with van der Waals surface area (Å²) < 4.78 is 51.5. The Morgan fingerprint density at radius 1 is 1.33 bits per heavy atom. The largest absolute Gasteiger partial charge is 0.573 e. The van der Waals surface area contributed by atoms with Gasteiger partial charge in [-0.3, -0.25) is 0 Å². The number of nitrogens with zero attached hydrogens (tertiary/aromatic N) is 2. The Balaban J connectivity index is 1.59. The molecule has 11 heteroatoms. The molecule has 3 rings (SSSR count). The topological polar surface area (TPSA) is 86.3 Å². The number of ether oxygens (including phenoxy) is 3. The van der Waals surface area contributed by atoms with Gasteiger partial charge in [-0.05, 0) is 43.2 Å². The van der Waals surface area contributed by atoms with Crippen LogP contribution in [0, 0.1) is 0 Å². The molecule has 0 bridgehead atoms. The lowest BCUT2D eigenvalue weighted by Gasteiger charge is -2.18. The van der Waals surface area contributed by atoms with Crippen LogP contribution in [0.25, 0.3) is 0 Å². The Morgan fingerprint density at radius 2 is 2.13 bits per heavy atom. The number of alkyl halides is 3. The first-order chi connectivity index (χ1) is 14.3. The number of nitrogens with one attached hydrogen (secondary N) is 1. The van der Waals surface area contributed by atoms with E-state index in [1.54, 1.807) is 13.0 Å². The lowest BCUT2D eigenvalue weighted by atomic mass is 9.92. The molecule has 7 nitrogen and oxygen atoms in total. The highest BCUT2D eigenvalue weighted by molar-refractivity contribution is 6.32. The van der Waals surface area contributed by atoms with Gasteiger partial charge in [0.05, 0.1) is 11.6 Å². The summed E-state index contributed by atoms with van der Waals surface area (Å²) in [4.78, 5) is 11.8. The first-order valence-electron chi connectivity index (χ1n) is 8.90. The SMILES string of the molecule is CCOC(=O)c1n[nH]nc1COC1=CCC(c2ccc(OC(F)(F)F)c(Cl)c2)C=C1. The van der Waals surface area contributed by atoms with Gasteiger partial charge in [-0.15, -0.1) is 18.3 Å². The molecule has 0 spiro atoms. The predicted molar refractivity (Wildman–Crippen MR) is 99.8 cm³/mol. The van der Waals surface area contributed by atoms with Crippen LogP contribution >= 0.6 is 11.6 Å². The first kappa shape index (κ1) is 21.7. The fraction of sp³-hybridized carbons (Fsp3) is 0.316. The highest BCUT2D eigenvalue weighted by atomic mass is 35.5. The van der Waals surface area contributed by atoms with Crippen molar-refractivity contribution >= 4 is 17.6 Å². The van der Waals surface area contributed by atoms with Crippen molar-refractivity contribution in [1.82, 2.24) is 15.4 Å². The zero-order chi connectivity index (χ0) is 21.7. The fourth-order valence-electron chi connectivity index (χ4n) is 2.78. The summed E-state index contributed by atoms with van der Waals surface area (Å²) in [5, 5.41) is 9.90. The van der Waals surface area contributed by atoms with Crippen molar-refractivity contribution in [3.05, 3.63) is 64.2 Å². The molecule has 1 aromatic carbocycles. The van der Waals surface area contributed by atoms with Gasteiger partial charge in [0.15, 0.2) is 5.69 Å². The number of halogens is 4. The van der Waals surface area contributed by atoms with Gasteiger partial charge in [0.25, 0.3) is 0 Å². The number of carbonyl (C=O) groups is 1. The fourth-order valence-corrected chi connectivity index (χ4v) is 3.01. The summed E-state index contributed by atoms with van der Waals surface area (Å²) >= 11 is 5.91. The number of rotatable bonds is 7. The van der Waals surface area contributed by atoms with Crippen molar-refractivity contribution < 1.29 is 32.2 Å². The molecule has 0 saturated carbocycles. The molecule has 0 fully saturated rings. The monoisotopic (exact) mass is 443 g/mol. The van der Waals surface area contributed by atoms with Crippen LogP contribution in [0.4, 0.5) is 13.2 Å². The van der Waals surface area contributed by atoms with Gasteiger partial charge in [-0.1, -0.05) is 23.7 Å². The van der Waals surface area contributed by atoms with Crippen LogP contribution in [-0.2, 0) is 16.1 Å². The van der Waals surface area contributed by atoms with Crippen LogP contribution in [-0.4, -0.2) is 34.3 Å². The van der Waals surface area contributed by atoms with Crippen LogP contribution in [0.15, 0.2) is 42.2 Å². The molecule has 1 N–H and O–H groups in total. The number of esters is 1. The van der Waals surface area contributed by atoms with Crippen molar-refractivity contribution in [3.8, 4) is 5.75 Å². The van der Waals surface area contributed by atoms with Crippen LogP contribution in [0.3, 0.4) is 0 Å². The average molecular weight is 444 g/mol. The van der Waals surface area contributed by atoms with Crippen molar-refractivity contribution in [2.24, 2.45) is 0 Å². The van der Waals surface area contributed by atoms with Crippen LogP contribution in [0.2, 0.25) is 5.02 Å². The third-order valence-corrected chi connectivity index (χ3v) is 4.44. The molecule has 1 atom stereocenters. The molecule has 1 aliphatic rings. The number of aromatic nitrogens is 3. The van der Waals surface area contributed by atoms with Gasteiger partial charge in [-0.25, -0.2) is 4.79 Å². The number of aromatic amines is 1. The van der Waals surface area contributed by atoms with Crippen LogP contribution < -0.4 is 4.74 Å². The zero-order valence-electron chi connectivity index (χ0n) is 15.7. The van der Waals surface area contributed by atoms with E-state index in [1.807, 2.05) is 12.2 Å². The van der Waals surface area contributed by atoms with E-state index in [9.17, 15) is 18.0 Å². The second kappa shape index (κ2) is 9.21. The second-order valence-corrected chi connectivity index (χ2v) is 6.58. The molecule has 1 heterocycles. The predicted octanol–water partition coefficient (Wildman–Crippen LogP) is 4.68. The Labute approximate surface area is 174 Å². The number of carbonyl (C=O) groups excluding carboxylic acids is 1. The Hall–Kier alpha value is -3.01. The average Bonchev–Trinajstić information content (AvgIpc) is 3.16. The summed E-state index contributed by atoms with van der Waals surface area (Å²) in [6.07, 6.45) is 1.14. The maximum atomic E-state index is 12.4. The lowest BCUT2D eigenvalue weighted by molar-refractivity contribution is -0.274. The number of allylic oxidation sites excluding steroid dienone is 3. The molecule has 160 valence electrons. The molecule has 30 heavy (non-hydrogen) atoms. The van der Waals surface area contributed by atoms with Crippen molar-refractivity contribution in [2.75, 3.05) is 6.61 Å². The van der Waals surface area contributed by atoms with Gasteiger partial charge in [0, 0.05) is 5.92 Å². The van der Waals surface area contributed by atoms with E-state index in [-0.39, 0.29) is 29.8 Å². The van der Waals surface area contributed by atoms with Gasteiger partial charge >= 0.3 is 12.3 Å². The van der Waals surface area contributed by atoms with Crippen molar-refractivity contribution in [1.29, 1.82) is 0 Å². The summed E-state index contributed by atoms with van der Waals surface area (Å²) in [6.45, 7) is 1.92. The molecule has 0 saturated heterocycles. The van der Waals surface area contributed by atoms with E-state index in [1.165, 1.54) is 18.2 Å². The minimum Gasteiger partial charge on any atom is -0.487 e. The van der Waals surface area contributed by atoms with Crippen LogP contribution in [0.1, 0.15) is 41.0 Å². The van der Waals surface area contributed by atoms with E-state index in [4.69, 9.17) is 21.1 Å². The second-order valence-electron chi connectivity index (χ2n) is 6.17. The van der Waals surface area contributed by atoms with Crippen molar-refractivity contribution in [3.63, 3.8) is 0 Å². The highest BCUT2D eigenvalue weighted by Gasteiger charge is 2.32. The molecule has 1 aromatic heterocycles. The molecule has 1 unspecified atom stereocenters. The standard InChI is InChI=1S/C19H17ClF3N3O4/c1-2-28-18(27)17-15(24-26-25-17)10-29-13-6-3-11(4-7-13)12-5-8-16(14(20)9-12)30-19(21,22)23/h3,5-9,11H,2,4,10H2,1H3,(H,24,25,26). The molecule has 1 aliphatic carbocycles. The normalized spacial score (nSPS) is 16.2. The van der Waals surface area contributed by atoms with Gasteiger partial charge in [-0.2, -0.15) is 10.3 Å². The van der Waals surface area contributed by atoms with E-state index in [0.29, 0.717) is 17.9 Å². The smallest absolute Gasteiger partial charge is 0.487 e. The zero-order valence-corrected chi connectivity index (χ0v) is 16.5. The first-order valence-corrected chi connectivity index (χ1v) is 9.27. The van der Waals surface area contributed by atoms with Crippen molar-refractivity contribution in [2.45, 2.75) is 32.2 Å². The summed E-state index contributed by atoms with van der Waals surface area (Å²) in [6, 6.07) is 4.16. The van der Waals surface area contributed by atoms with Gasteiger partial charge in [0.2, 0.25) is 0 Å². The lowest BCUT2D eigenvalue weighted by Crippen LogP contribution is -2.17. The van der Waals surface area contributed by atoms with E-state index in [0.717, 1.165) is 5.56 Å². The maximum Gasteiger partial charge on any atom is 0.573 e. The van der Waals surface area contributed by atoms with Crippen LogP contribution in [0.5, 0.6) is 5.75 Å². The molecule has 0 aliphatic heterocycles. The summed E-state index contributed by atoms with van der Waals surface area (Å²) in [5.74, 6) is -0.561. The van der Waals surface area contributed by atoms with E-state index >= 15 is 0 Å². The molecular formula is C19H17ClF3N3O4. The van der Waals surface area contributed by atoms with Gasteiger partial charge in [0.1, 0.15) is 23.8 Å². The number of hydrogen-bond acceptors (Lipinski definition) is 6. The Bertz CT molecular complexity index is 972. The highest BCUT2D eigenvalue weighted by Crippen LogP contribution is 2.35. The Kier molecular flexibility index (Phi) is 6.66. The maximum absolute atomic E-state index is 12.4. The quantitative estimate of drug-likeness (QED) is 0.625. The number of H-pyrrole nitrogens is 1. The minimum absolute atomic E-state index is 0.0147. The number of benzene rings is 1. The molecule has 0 radical (unpaired) electrons. The Morgan fingerprint density at radius 3 is 2.77 bits per heavy atom. The minimum atomic E-state index is -4.80. The molecular weight excluding hydrogens is 427 g/mol.